The number of fused-ring (bicyclic) bond motifs is 1. The number of amides is 2. The van der Waals surface area contributed by atoms with Gasteiger partial charge in [0.05, 0.1) is 11.1 Å². The zero-order valence-corrected chi connectivity index (χ0v) is 16.6. The lowest BCUT2D eigenvalue weighted by Crippen LogP contribution is -2.37. The third kappa shape index (κ3) is 4.03. The number of hydrogen-bond donors (Lipinski definition) is 0. The molecule has 128 valence electrons. The molecule has 0 aliphatic carbocycles. The maximum absolute atomic E-state index is 12.4. The maximum atomic E-state index is 12.4. The van der Waals surface area contributed by atoms with Crippen LogP contribution in [0.3, 0.4) is 0 Å². The highest BCUT2D eigenvalue weighted by molar-refractivity contribution is 6.26. The molecule has 1 aromatic rings. The number of nitrogens with zero attached hydrogens (tertiary/aromatic N) is 1. The molecule has 1 heterocycles. The Morgan fingerprint density at radius 1 is 1.04 bits per heavy atom. The summed E-state index contributed by atoms with van der Waals surface area (Å²) in [6.45, 7) is 8.57. The number of benzene rings is 1. The van der Waals surface area contributed by atoms with Crippen molar-refractivity contribution in [2.24, 2.45) is 5.41 Å². The number of carbonyl (C=O) groups excluding carboxylic acids is 2. The fourth-order valence-electron chi connectivity index (χ4n) is 2.81. The third-order valence-corrected chi connectivity index (χ3v) is 5.07. The Morgan fingerprint density at radius 2 is 1.54 bits per heavy atom. The SMILES string of the molecule is C[Si]OC(O[Si]C)C(C)(C)CCCN1C(=O)c2ccccc2C1=O. The summed E-state index contributed by atoms with van der Waals surface area (Å²) in [4.78, 5) is 26.1. The van der Waals surface area contributed by atoms with Crippen LogP contribution in [-0.4, -0.2) is 49.1 Å². The zero-order chi connectivity index (χ0) is 17.7. The van der Waals surface area contributed by atoms with Gasteiger partial charge in [-0.2, -0.15) is 0 Å². The van der Waals surface area contributed by atoms with Crippen molar-refractivity contribution in [3.05, 3.63) is 35.4 Å². The lowest BCUT2D eigenvalue weighted by atomic mass is 9.87. The molecule has 0 atom stereocenters. The van der Waals surface area contributed by atoms with Crippen molar-refractivity contribution in [3.63, 3.8) is 0 Å². The zero-order valence-electron chi connectivity index (χ0n) is 14.6. The third-order valence-electron chi connectivity index (χ3n) is 4.17. The van der Waals surface area contributed by atoms with Crippen LogP contribution in [0.4, 0.5) is 0 Å². The monoisotopic (exact) mass is 361 g/mol. The van der Waals surface area contributed by atoms with Gasteiger partial charge >= 0.3 is 0 Å². The van der Waals surface area contributed by atoms with Crippen molar-refractivity contribution in [1.82, 2.24) is 4.90 Å². The van der Waals surface area contributed by atoms with Crippen molar-refractivity contribution in [2.75, 3.05) is 6.54 Å². The van der Waals surface area contributed by atoms with Gasteiger partial charge < -0.3 is 8.85 Å². The minimum Gasteiger partial charge on any atom is -0.394 e. The molecule has 7 heteroatoms. The summed E-state index contributed by atoms with van der Waals surface area (Å²) in [7, 11) is 0.726. The van der Waals surface area contributed by atoms with Crippen LogP contribution >= 0.6 is 0 Å². The van der Waals surface area contributed by atoms with Gasteiger partial charge in [0.15, 0.2) is 0 Å². The first-order valence-corrected chi connectivity index (χ1v) is 10.8. The molecule has 0 saturated carbocycles. The van der Waals surface area contributed by atoms with Crippen molar-refractivity contribution < 1.29 is 18.4 Å². The molecule has 1 aromatic carbocycles. The average molecular weight is 362 g/mol. The van der Waals surface area contributed by atoms with Crippen LogP contribution in [0.15, 0.2) is 24.3 Å². The Hall–Kier alpha value is -1.29. The predicted molar refractivity (Wildman–Crippen MR) is 94.0 cm³/mol. The Kier molecular flexibility index (Phi) is 6.50. The minimum atomic E-state index is -0.258. The number of hydrogen-bond acceptors (Lipinski definition) is 4. The van der Waals surface area contributed by atoms with Crippen LogP contribution in [0.1, 0.15) is 47.4 Å². The molecule has 0 unspecified atom stereocenters. The Labute approximate surface area is 148 Å². The average Bonchev–Trinajstić information content (AvgIpc) is 2.80. The highest BCUT2D eigenvalue weighted by Gasteiger charge is 2.36. The van der Waals surface area contributed by atoms with E-state index in [0.717, 1.165) is 12.8 Å². The van der Waals surface area contributed by atoms with Gasteiger partial charge in [0.25, 0.3) is 11.8 Å². The summed E-state index contributed by atoms with van der Waals surface area (Å²) >= 11 is 0. The van der Waals surface area contributed by atoms with E-state index in [-0.39, 0.29) is 23.5 Å². The fraction of sp³-hybridized carbons (Fsp3) is 0.529. The molecule has 2 rings (SSSR count). The van der Waals surface area contributed by atoms with Crippen molar-refractivity contribution >= 4 is 31.3 Å². The topological polar surface area (TPSA) is 55.8 Å². The van der Waals surface area contributed by atoms with E-state index >= 15 is 0 Å². The predicted octanol–water partition coefficient (Wildman–Crippen LogP) is 2.78. The molecule has 0 bridgehead atoms. The molecule has 0 aromatic heterocycles. The van der Waals surface area contributed by atoms with Crippen LogP contribution in [-0.2, 0) is 8.85 Å². The Bertz CT molecular complexity index is 565. The van der Waals surface area contributed by atoms with Gasteiger partial charge in [-0.05, 0) is 38.1 Å². The standard InChI is InChI=1S/C17H23NO4Si2/c1-17(2,16(21-23-3)22-24-4)10-7-11-18-14(19)12-8-5-6-9-13(12)15(18)20/h5-6,8-9,16H,7,10-11H2,1-4H3. The van der Waals surface area contributed by atoms with Crippen molar-refractivity contribution in [1.29, 1.82) is 0 Å². The summed E-state index contributed by atoms with van der Waals surface area (Å²) < 4.78 is 11.5. The van der Waals surface area contributed by atoms with E-state index in [1.807, 2.05) is 13.1 Å². The number of rotatable bonds is 9. The molecule has 0 spiro atoms. The molecular formula is C17H23NO4Si2. The second kappa shape index (κ2) is 8.20. The first-order chi connectivity index (χ1) is 11.4. The number of imide groups is 1. The van der Waals surface area contributed by atoms with Crippen LogP contribution < -0.4 is 0 Å². The van der Waals surface area contributed by atoms with E-state index in [1.165, 1.54) is 4.90 Å². The summed E-state index contributed by atoms with van der Waals surface area (Å²) in [5.41, 5.74) is 0.835. The van der Waals surface area contributed by atoms with Gasteiger partial charge in [-0.1, -0.05) is 26.0 Å². The second-order valence-electron chi connectivity index (χ2n) is 6.38. The van der Waals surface area contributed by atoms with E-state index in [1.54, 1.807) is 24.3 Å². The highest BCUT2D eigenvalue weighted by Crippen LogP contribution is 2.31. The highest BCUT2D eigenvalue weighted by atomic mass is 28.2. The van der Waals surface area contributed by atoms with Crippen LogP contribution in [0.2, 0.25) is 13.1 Å². The van der Waals surface area contributed by atoms with E-state index in [4.69, 9.17) is 8.85 Å². The van der Waals surface area contributed by atoms with Gasteiger partial charge in [0.1, 0.15) is 6.29 Å². The summed E-state index contributed by atoms with van der Waals surface area (Å²) in [5.74, 6) is -0.384. The normalized spacial score (nSPS) is 14.6. The largest absolute Gasteiger partial charge is 0.394 e. The maximum Gasteiger partial charge on any atom is 0.261 e. The Balaban J connectivity index is 1.94. The molecule has 24 heavy (non-hydrogen) atoms. The molecule has 0 N–H and O–H groups in total. The quantitative estimate of drug-likeness (QED) is 0.385. The lowest BCUT2D eigenvalue weighted by Gasteiger charge is -2.34. The van der Waals surface area contributed by atoms with Crippen LogP contribution in [0.5, 0.6) is 0 Å². The fourth-order valence-corrected chi connectivity index (χ4v) is 4.07. The Morgan fingerprint density at radius 3 is 2.00 bits per heavy atom. The van der Waals surface area contributed by atoms with E-state index in [2.05, 4.69) is 13.8 Å². The van der Waals surface area contributed by atoms with Crippen LogP contribution in [0, 0.1) is 5.41 Å². The summed E-state index contributed by atoms with van der Waals surface area (Å²) in [6, 6.07) is 6.99. The van der Waals surface area contributed by atoms with Crippen molar-refractivity contribution in [3.8, 4) is 0 Å². The molecule has 4 radical (unpaired) electrons. The van der Waals surface area contributed by atoms with E-state index in [9.17, 15) is 9.59 Å². The minimum absolute atomic E-state index is 0.176. The lowest BCUT2D eigenvalue weighted by molar-refractivity contribution is -0.0828. The first-order valence-electron chi connectivity index (χ1n) is 8.02. The first kappa shape index (κ1) is 19.0. The number of carbonyl (C=O) groups is 2. The van der Waals surface area contributed by atoms with Gasteiger partial charge in [-0.3, -0.25) is 14.5 Å². The molecule has 1 aliphatic heterocycles. The second-order valence-corrected chi connectivity index (χ2v) is 7.66. The summed E-state index contributed by atoms with van der Waals surface area (Å²) in [6.07, 6.45) is 1.27. The van der Waals surface area contributed by atoms with Gasteiger partial charge in [-0.25, -0.2) is 0 Å². The molecule has 5 nitrogen and oxygen atoms in total. The molecule has 2 amide bonds. The van der Waals surface area contributed by atoms with Gasteiger partial charge in [0.2, 0.25) is 19.5 Å². The molecule has 0 saturated heterocycles. The van der Waals surface area contributed by atoms with Gasteiger partial charge in [0, 0.05) is 12.0 Å². The molecule has 0 fully saturated rings. The molecule has 1 aliphatic rings. The van der Waals surface area contributed by atoms with E-state index < -0.39 is 0 Å². The smallest absolute Gasteiger partial charge is 0.261 e. The van der Waals surface area contributed by atoms with Gasteiger partial charge in [-0.15, -0.1) is 0 Å². The van der Waals surface area contributed by atoms with Crippen LogP contribution in [0.25, 0.3) is 0 Å². The summed E-state index contributed by atoms with van der Waals surface area (Å²) in [5, 5.41) is 0. The van der Waals surface area contributed by atoms with Crippen molar-refractivity contribution in [2.45, 2.75) is 46.1 Å². The van der Waals surface area contributed by atoms with E-state index in [0.29, 0.717) is 37.2 Å². The molecular weight excluding hydrogens is 338 g/mol.